The van der Waals surface area contributed by atoms with Crippen LogP contribution in [0.5, 0.6) is 0 Å². The first-order valence-electron chi connectivity index (χ1n) is 7.95. The minimum Gasteiger partial charge on any atom is -0.371 e. The Morgan fingerprint density at radius 1 is 1.00 bits per heavy atom. The molecule has 2 atom stereocenters. The highest BCUT2D eigenvalue weighted by Gasteiger charge is 2.21. The number of aromatic nitrogens is 3. The van der Waals surface area contributed by atoms with E-state index in [1.807, 2.05) is 58.0 Å². The Morgan fingerprint density at radius 3 is 2.00 bits per heavy atom. The fraction of sp³-hybridized carbons (Fsp3) is 0.471. The minimum absolute atomic E-state index is 0.192. The third kappa shape index (κ3) is 4.46. The molecule has 0 fully saturated rings. The number of hydrogen-bond donors (Lipinski definition) is 0. The standard InChI is InChI=1S/C17H24N4O2/c1-5-22-13(3)16-19-20-17(14(4)23-6-2)21(16)18-12-15-10-8-7-9-11-15/h7-14H,5-6H2,1-4H3/b18-12+. The van der Waals surface area contributed by atoms with E-state index in [0.29, 0.717) is 24.9 Å². The van der Waals surface area contributed by atoms with Gasteiger partial charge in [0.05, 0.1) is 6.21 Å². The van der Waals surface area contributed by atoms with Gasteiger partial charge in [-0.3, -0.25) is 0 Å². The molecule has 1 heterocycles. The first-order valence-corrected chi connectivity index (χ1v) is 7.95. The molecule has 2 aromatic rings. The van der Waals surface area contributed by atoms with Crippen molar-refractivity contribution in [2.24, 2.45) is 5.10 Å². The highest BCUT2D eigenvalue weighted by molar-refractivity contribution is 5.79. The van der Waals surface area contributed by atoms with Crippen LogP contribution in [0.25, 0.3) is 0 Å². The molecule has 2 rings (SSSR count). The molecule has 0 spiro atoms. The number of benzene rings is 1. The molecule has 0 saturated carbocycles. The Balaban J connectivity index is 2.35. The number of ether oxygens (including phenoxy) is 2. The maximum absolute atomic E-state index is 5.64. The number of nitrogens with zero attached hydrogens (tertiary/aromatic N) is 4. The van der Waals surface area contributed by atoms with Gasteiger partial charge in [0.15, 0.2) is 11.6 Å². The lowest BCUT2D eigenvalue weighted by molar-refractivity contribution is 0.0609. The fourth-order valence-electron chi connectivity index (χ4n) is 2.24. The molecule has 23 heavy (non-hydrogen) atoms. The lowest BCUT2D eigenvalue weighted by Gasteiger charge is -2.14. The van der Waals surface area contributed by atoms with E-state index in [2.05, 4.69) is 15.3 Å². The normalized spacial score (nSPS) is 14.3. The largest absolute Gasteiger partial charge is 0.371 e. The van der Waals surface area contributed by atoms with Gasteiger partial charge in [0.25, 0.3) is 0 Å². The van der Waals surface area contributed by atoms with E-state index >= 15 is 0 Å². The van der Waals surface area contributed by atoms with Gasteiger partial charge in [0, 0.05) is 13.2 Å². The average Bonchev–Trinajstić information content (AvgIpc) is 2.98. The van der Waals surface area contributed by atoms with E-state index in [0.717, 1.165) is 5.56 Å². The summed E-state index contributed by atoms with van der Waals surface area (Å²) in [6.45, 7) is 9.00. The molecule has 2 unspecified atom stereocenters. The van der Waals surface area contributed by atoms with Crippen LogP contribution in [0.15, 0.2) is 35.4 Å². The van der Waals surface area contributed by atoms with Crippen LogP contribution in [0.2, 0.25) is 0 Å². The van der Waals surface area contributed by atoms with Crippen molar-refractivity contribution in [1.29, 1.82) is 0 Å². The maximum Gasteiger partial charge on any atom is 0.183 e. The summed E-state index contributed by atoms with van der Waals surface area (Å²) in [5.41, 5.74) is 1.01. The highest BCUT2D eigenvalue weighted by Crippen LogP contribution is 2.21. The quantitative estimate of drug-likeness (QED) is 0.701. The molecule has 0 amide bonds. The van der Waals surface area contributed by atoms with Gasteiger partial charge in [-0.1, -0.05) is 30.3 Å². The van der Waals surface area contributed by atoms with Crippen molar-refractivity contribution in [3.63, 3.8) is 0 Å². The number of rotatable bonds is 8. The van der Waals surface area contributed by atoms with Crippen LogP contribution in [0.3, 0.4) is 0 Å². The zero-order chi connectivity index (χ0) is 16.7. The minimum atomic E-state index is -0.192. The van der Waals surface area contributed by atoms with E-state index in [9.17, 15) is 0 Å². The van der Waals surface area contributed by atoms with Crippen molar-refractivity contribution in [3.8, 4) is 0 Å². The van der Waals surface area contributed by atoms with Gasteiger partial charge in [-0.05, 0) is 33.3 Å². The molecule has 1 aromatic carbocycles. The van der Waals surface area contributed by atoms with Gasteiger partial charge in [0.1, 0.15) is 12.2 Å². The summed E-state index contributed by atoms with van der Waals surface area (Å²) in [6, 6.07) is 9.90. The third-order valence-corrected chi connectivity index (χ3v) is 3.37. The van der Waals surface area contributed by atoms with Crippen LogP contribution in [0, 0.1) is 0 Å². The predicted octanol–water partition coefficient (Wildman–Crippen LogP) is 3.36. The molecule has 0 bridgehead atoms. The molecule has 0 radical (unpaired) electrons. The maximum atomic E-state index is 5.64. The van der Waals surface area contributed by atoms with Crippen molar-refractivity contribution >= 4 is 6.21 Å². The van der Waals surface area contributed by atoms with E-state index in [4.69, 9.17) is 9.47 Å². The monoisotopic (exact) mass is 316 g/mol. The summed E-state index contributed by atoms with van der Waals surface area (Å²) in [4.78, 5) is 0. The Morgan fingerprint density at radius 2 is 1.52 bits per heavy atom. The van der Waals surface area contributed by atoms with Crippen LogP contribution < -0.4 is 0 Å². The summed E-state index contributed by atoms with van der Waals surface area (Å²) < 4.78 is 13.0. The van der Waals surface area contributed by atoms with Crippen LogP contribution in [0.4, 0.5) is 0 Å². The van der Waals surface area contributed by atoms with Crippen LogP contribution >= 0.6 is 0 Å². The first kappa shape index (κ1) is 17.3. The molecule has 0 saturated heterocycles. The molecule has 0 aliphatic heterocycles. The second-order valence-corrected chi connectivity index (χ2v) is 5.08. The van der Waals surface area contributed by atoms with Crippen molar-refractivity contribution < 1.29 is 9.47 Å². The summed E-state index contributed by atoms with van der Waals surface area (Å²) in [7, 11) is 0. The molecule has 0 aliphatic carbocycles. The molecule has 0 aliphatic rings. The molecular formula is C17H24N4O2. The zero-order valence-corrected chi connectivity index (χ0v) is 14.1. The zero-order valence-electron chi connectivity index (χ0n) is 14.1. The van der Waals surface area contributed by atoms with Crippen LogP contribution in [-0.4, -0.2) is 34.3 Å². The summed E-state index contributed by atoms with van der Waals surface area (Å²) in [6.07, 6.45) is 1.40. The Labute approximate surface area is 137 Å². The van der Waals surface area contributed by atoms with Crippen molar-refractivity contribution in [2.45, 2.75) is 39.9 Å². The second kappa shape index (κ2) is 8.55. The molecule has 0 N–H and O–H groups in total. The lowest BCUT2D eigenvalue weighted by Crippen LogP contribution is -2.12. The van der Waals surface area contributed by atoms with E-state index in [1.165, 1.54) is 0 Å². The van der Waals surface area contributed by atoms with Gasteiger partial charge in [-0.2, -0.15) is 9.78 Å². The third-order valence-electron chi connectivity index (χ3n) is 3.37. The molecule has 6 nitrogen and oxygen atoms in total. The Bertz CT molecular complexity index is 595. The van der Waals surface area contributed by atoms with Crippen molar-refractivity contribution in [2.75, 3.05) is 13.2 Å². The molecular weight excluding hydrogens is 292 g/mol. The molecule has 6 heteroatoms. The average molecular weight is 316 g/mol. The molecule has 1 aromatic heterocycles. The van der Waals surface area contributed by atoms with Gasteiger partial charge >= 0.3 is 0 Å². The summed E-state index contributed by atoms with van der Waals surface area (Å²) in [5, 5.41) is 13.0. The van der Waals surface area contributed by atoms with Crippen molar-refractivity contribution in [3.05, 3.63) is 47.5 Å². The van der Waals surface area contributed by atoms with Gasteiger partial charge in [-0.25, -0.2) is 0 Å². The Kier molecular flexibility index (Phi) is 6.43. The smallest absolute Gasteiger partial charge is 0.183 e. The van der Waals surface area contributed by atoms with E-state index in [1.54, 1.807) is 10.9 Å². The SMILES string of the molecule is CCOC(C)c1nnc(C(C)OCC)n1/N=C/c1ccccc1. The fourth-order valence-corrected chi connectivity index (χ4v) is 2.24. The van der Waals surface area contributed by atoms with E-state index < -0.39 is 0 Å². The van der Waals surface area contributed by atoms with Crippen LogP contribution in [-0.2, 0) is 9.47 Å². The highest BCUT2D eigenvalue weighted by atomic mass is 16.5. The summed E-state index contributed by atoms with van der Waals surface area (Å²) >= 11 is 0. The molecule has 124 valence electrons. The lowest BCUT2D eigenvalue weighted by atomic mass is 10.2. The van der Waals surface area contributed by atoms with E-state index in [-0.39, 0.29) is 12.2 Å². The van der Waals surface area contributed by atoms with Crippen LogP contribution in [0.1, 0.15) is 57.1 Å². The van der Waals surface area contributed by atoms with Gasteiger partial charge in [0.2, 0.25) is 0 Å². The van der Waals surface area contributed by atoms with Gasteiger partial charge in [-0.15, -0.1) is 10.2 Å². The first-order chi connectivity index (χ1) is 11.2. The van der Waals surface area contributed by atoms with Gasteiger partial charge < -0.3 is 9.47 Å². The number of hydrogen-bond acceptors (Lipinski definition) is 5. The Hall–Kier alpha value is -2.05. The summed E-state index contributed by atoms with van der Waals surface area (Å²) in [5.74, 6) is 1.33. The second-order valence-electron chi connectivity index (χ2n) is 5.08. The van der Waals surface area contributed by atoms with Crippen molar-refractivity contribution in [1.82, 2.24) is 14.9 Å². The predicted molar refractivity (Wildman–Crippen MR) is 89.5 cm³/mol. The topological polar surface area (TPSA) is 61.5 Å².